The highest BCUT2D eigenvalue weighted by Crippen LogP contribution is 2.34. The lowest BCUT2D eigenvalue weighted by atomic mass is 9.80. The Balaban J connectivity index is 1.79. The van der Waals surface area contributed by atoms with Gasteiger partial charge in [-0.15, -0.1) is 0 Å². The van der Waals surface area contributed by atoms with Crippen molar-refractivity contribution < 1.29 is 5.11 Å². The molecule has 2 rings (SSSR count). The van der Waals surface area contributed by atoms with Gasteiger partial charge in [0.1, 0.15) is 5.75 Å². The number of hydrogen-bond acceptors (Lipinski definition) is 2. The van der Waals surface area contributed by atoms with Crippen molar-refractivity contribution in [3.63, 3.8) is 0 Å². The fourth-order valence-electron chi connectivity index (χ4n) is 3.27. The van der Waals surface area contributed by atoms with Crippen molar-refractivity contribution >= 4 is 0 Å². The first-order valence-corrected chi connectivity index (χ1v) is 8.58. The minimum atomic E-state index is 0.368. The minimum Gasteiger partial charge on any atom is -0.508 e. The molecule has 2 N–H and O–H groups in total. The van der Waals surface area contributed by atoms with Gasteiger partial charge in [0, 0.05) is 12.6 Å². The van der Waals surface area contributed by atoms with Gasteiger partial charge in [0.15, 0.2) is 0 Å². The van der Waals surface area contributed by atoms with E-state index in [9.17, 15) is 5.11 Å². The zero-order chi connectivity index (χ0) is 15.3. The third-order valence-electron chi connectivity index (χ3n) is 5.62. The van der Waals surface area contributed by atoms with Crippen LogP contribution in [0.2, 0.25) is 0 Å². The van der Waals surface area contributed by atoms with Gasteiger partial charge in [-0.25, -0.2) is 0 Å². The molecule has 1 aromatic rings. The second-order valence-electron chi connectivity index (χ2n) is 7.04. The summed E-state index contributed by atoms with van der Waals surface area (Å²) < 4.78 is 0. The molecule has 0 aromatic heterocycles. The van der Waals surface area contributed by atoms with Crippen LogP contribution >= 0.6 is 0 Å². The van der Waals surface area contributed by atoms with Crippen LogP contribution in [-0.2, 0) is 0 Å². The standard InChI is InChI=1S/C19H31NO/c1-4-19(3,5-2)14-20-17-10-6-15(7-11-17)16-8-12-18(21)13-9-16/h8-9,12-13,15,17,20-21H,4-7,10-11,14H2,1-3H3. The van der Waals surface area contributed by atoms with Crippen molar-refractivity contribution in [3.05, 3.63) is 29.8 Å². The first kappa shape index (κ1) is 16.4. The largest absolute Gasteiger partial charge is 0.508 e. The number of phenols is 1. The van der Waals surface area contributed by atoms with Gasteiger partial charge in [0.2, 0.25) is 0 Å². The molecule has 0 saturated heterocycles. The highest BCUT2D eigenvalue weighted by molar-refractivity contribution is 5.28. The number of nitrogens with one attached hydrogen (secondary N) is 1. The van der Waals surface area contributed by atoms with E-state index >= 15 is 0 Å². The first-order valence-electron chi connectivity index (χ1n) is 8.58. The van der Waals surface area contributed by atoms with Crippen LogP contribution < -0.4 is 5.32 Å². The monoisotopic (exact) mass is 289 g/mol. The van der Waals surface area contributed by atoms with E-state index in [1.807, 2.05) is 12.1 Å². The zero-order valence-electron chi connectivity index (χ0n) is 13.9. The van der Waals surface area contributed by atoms with Crippen LogP contribution in [0, 0.1) is 5.41 Å². The zero-order valence-corrected chi connectivity index (χ0v) is 13.9. The number of benzene rings is 1. The fourth-order valence-corrected chi connectivity index (χ4v) is 3.27. The third kappa shape index (κ3) is 4.47. The summed E-state index contributed by atoms with van der Waals surface area (Å²) in [5, 5.41) is 13.2. The highest BCUT2D eigenvalue weighted by Gasteiger charge is 2.25. The average Bonchev–Trinajstić information content (AvgIpc) is 2.54. The van der Waals surface area contributed by atoms with Crippen LogP contribution in [0.25, 0.3) is 0 Å². The molecule has 1 aromatic carbocycles. The summed E-state index contributed by atoms with van der Waals surface area (Å²) in [4.78, 5) is 0. The maximum absolute atomic E-state index is 9.38. The molecule has 0 bridgehead atoms. The Hall–Kier alpha value is -1.02. The second-order valence-corrected chi connectivity index (χ2v) is 7.04. The molecule has 1 aliphatic carbocycles. The summed E-state index contributed by atoms with van der Waals surface area (Å²) in [7, 11) is 0. The van der Waals surface area contributed by atoms with Crippen molar-refractivity contribution in [3.8, 4) is 5.75 Å². The van der Waals surface area contributed by atoms with Crippen LogP contribution in [0.4, 0.5) is 0 Å². The van der Waals surface area contributed by atoms with Gasteiger partial charge in [0.05, 0.1) is 0 Å². The molecule has 0 amide bonds. The Kier molecular flexibility index (Phi) is 5.69. The van der Waals surface area contributed by atoms with E-state index in [1.165, 1.54) is 44.1 Å². The summed E-state index contributed by atoms with van der Waals surface area (Å²) in [6, 6.07) is 8.48. The SMILES string of the molecule is CCC(C)(CC)CNC1CCC(c2ccc(O)cc2)CC1. The predicted octanol–water partition coefficient (Wildman–Crippen LogP) is 4.83. The Bertz CT molecular complexity index is 414. The molecule has 2 heteroatoms. The lowest BCUT2D eigenvalue weighted by Crippen LogP contribution is -2.39. The molecule has 21 heavy (non-hydrogen) atoms. The Labute approximate surface area is 130 Å². The van der Waals surface area contributed by atoms with Gasteiger partial charge in [-0.05, 0) is 67.6 Å². The number of phenolic OH excluding ortho intramolecular Hbond substituents is 1. The molecular formula is C19H31NO. The molecule has 0 radical (unpaired) electrons. The first-order chi connectivity index (χ1) is 10.1. The number of rotatable bonds is 6. The molecule has 0 spiro atoms. The maximum atomic E-state index is 9.38. The summed E-state index contributed by atoms with van der Waals surface area (Å²) in [5.41, 5.74) is 1.84. The van der Waals surface area contributed by atoms with E-state index in [0.717, 1.165) is 6.54 Å². The molecule has 2 nitrogen and oxygen atoms in total. The number of aromatic hydroxyl groups is 1. The summed E-state index contributed by atoms with van der Waals surface area (Å²) in [6.45, 7) is 8.14. The molecule has 0 atom stereocenters. The third-order valence-corrected chi connectivity index (χ3v) is 5.62. The maximum Gasteiger partial charge on any atom is 0.115 e. The van der Waals surface area contributed by atoms with Gasteiger partial charge >= 0.3 is 0 Å². The molecule has 0 heterocycles. The van der Waals surface area contributed by atoms with E-state index < -0.39 is 0 Å². The van der Waals surface area contributed by atoms with Crippen molar-refractivity contribution in [1.82, 2.24) is 5.32 Å². The van der Waals surface area contributed by atoms with Gasteiger partial charge in [-0.2, -0.15) is 0 Å². The van der Waals surface area contributed by atoms with Gasteiger partial charge in [0.25, 0.3) is 0 Å². The number of hydrogen-bond donors (Lipinski definition) is 2. The summed E-state index contributed by atoms with van der Waals surface area (Å²) in [6.07, 6.45) is 7.57. The van der Waals surface area contributed by atoms with Crippen molar-refractivity contribution in [2.45, 2.75) is 71.3 Å². The lowest BCUT2D eigenvalue weighted by Gasteiger charge is -2.34. The van der Waals surface area contributed by atoms with E-state index in [1.54, 1.807) is 0 Å². The van der Waals surface area contributed by atoms with Crippen LogP contribution in [0.3, 0.4) is 0 Å². The molecule has 1 saturated carbocycles. The second kappa shape index (κ2) is 7.31. The molecule has 1 fully saturated rings. The van der Waals surface area contributed by atoms with Gasteiger partial charge in [-0.1, -0.05) is 32.9 Å². The predicted molar refractivity (Wildman–Crippen MR) is 89.8 cm³/mol. The van der Waals surface area contributed by atoms with Crippen molar-refractivity contribution in [2.24, 2.45) is 5.41 Å². The average molecular weight is 289 g/mol. The topological polar surface area (TPSA) is 32.3 Å². The smallest absolute Gasteiger partial charge is 0.115 e. The summed E-state index contributed by atoms with van der Waals surface area (Å²) >= 11 is 0. The van der Waals surface area contributed by atoms with Gasteiger partial charge < -0.3 is 10.4 Å². The molecule has 1 aliphatic rings. The normalized spacial score (nSPS) is 23.2. The molecule has 118 valence electrons. The fraction of sp³-hybridized carbons (Fsp3) is 0.684. The highest BCUT2D eigenvalue weighted by atomic mass is 16.3. The van der Waals surface area contributed by atoms with Crippen LogP contribution in [0.1, 0.15) is 70.8 Å². The molecular weight excluding hydrogens is 258 g/mol. The quantitative estimate of drug-likeness (QED) is 0.786. The minimum absolute atomic E-state index is 0.368. The Morgan fingerprint density at radius 3 is 2.14 bits per heavy atom. The summed E-state index contributed by atoms with van der Waals surface area (Å²) in [5.74, 6) is 1.04. The van der Waals surface area contributed by atoms with Crippen LogP contribution in [-0.4, -0.2) is 17.7 Å². The van der Waals surface area contributed by atoms with Crippen LogP contribution in [0.15, 0.2) is 24.3 Å². The van der Waals surface area contributed by atoms with E-state index in [2.05, 4.69) is 38.2 Å². The van der Waals surface area contributed by atoms with Crippen molar-refractivity contribution in [1.29, 1.82) is 0 Å². The van der Waals surface area contributed by atoms with E-state index in [0.29, 0.717) is 23.1 Å². The van der Waals surface area contributed by atoms with Crippen LogP contribution in [0.5, 0.6) is 5.75 Å². The molecule has 0 unspecified atom stereocenters. The van der Waals surface area contributed by atoms with E-state index in [4.69, 9.17) is 0 Å². The Morgan fingerprint density at radius 1 is 1.05 bits per heavy atom. The van der Waals surface area contributed by atoms with Crippen molar-refractivity contribution in [2.75, 3.05) is 6.54 Å². The Morgan fingerprint density at radius 2 is 1.62 bits per heavy atom. The van der Waals surface area contributed by atoms with E-state index in [-0.39, 0.29) is 0 Å². The van der Waals surface area contributed by atoms with Gasteiger partial charge in [-0.3, -0.25) is 0 Å². The molecule has 0 aliphatic heterocycles. The lowest BCUT2D eigenvalue weighted by molar-refractivity contribution is 0.244.